The molecule has 0 fully saturated rings. The minimum atomic E-state index is -3.64. The van der Waals surface area contributed by atoms with E-state index in [1.807, 2.05) is 6.07 Å². The first-order valence-electron chi connectivity index (χ1n) is 7.73. The van der Waals surface area contributed by atoms with E-state index in [0.29, 0.717) is 0 Å². The van der Waals surface area contributed by atoms with Gasteiger partial charge in [-0.25, -0.2) is 13.6 Å². The summed E-state index contributed by atoms with van der Waals surface area (Å²) in [6.07, 6.45) is 0.850. The predicted octanol–water partition coefficient (Wildman–Crippen LogP) is 2.82. The van der Waals surface area contributed by atoms with Gasteiger partial charge in [0.05, 0.1) is 4.90 Å². The number of hydrogen-bond donors (Lipinski definition) is 1. The minimum absolute atomic E-state index is 0.195. The maximum atomic E-state index is 11.5. The number of nitrogens with two attached hydrogens (primary N) is 1. The molecule has 3 rings (SSSR count). The molecule has 23 heavy (non-hydrogen) atoms. The van der Waals surface area contributed by atoms with Gasteiger partial charge in [-0.1, -0.05) is 17.7 Å². The van der Waals surface area contributed by atoms with E-state index in [2.05, 4.69) is 37.8 Å². The lowest BCUT2D eigenvalue weighted by Crippen LogP contribution is -2.21. The van der Waals surface area contributed by atoms with E-state index in [0.717, 1.165) is 30.8 Å². The van der Waals surface area contributed by atoms with Crippen LogP contribution in [0.25, 0.3) is 0 Å². The second-order valence-corrected chi connectivity index (χ2v) is 7.95. The summed E-state index contributed by atoms with van der Waals surface area (Å²) in [4.78, 5) is 2.51. The van der Waals surface area contributed by atoms with Gasteiger partial charge in [0.15, 0.2) is 0 Å². The molecular formula is C18H22N2O2S. The number of rotatable bonds is 3. The Hall–Kier alpha value is -1.85. The Balaban J connectivity index is 1.92. The average Bonchev–Trinajstić information content (AvgIpc) is 2.84. The van der Waals surface area contributed by atoms with Crippen LogP contribution in [0, 0.1) is 20.8 Å². The standard InChI is InChI=1S/C18H22N2O2S/c1-12-8-13(2)17(14(3)9-12)11-20-7-6-15-10-16(23(19,21)22)4-5-18(15)20/h4-5,8-10H,6-7,11H2,1-3H3,(H2,19,21,22). The normalized spacial score (nSPS) is 14.2. The molecule has 2 aromatic rings. The lowest BCUT2D eigenvalue weighted by atomic mass is 9.99. The van der Waals surface area contributed by atoms with Crippen molar-refractivity contribution in [3.8, 4) is 0 Å². The summed E-state index contributed by atoms with van der Waals surface area (Å²) in [5.41, 5.74) is 7.40. The molecule has 0 unspecified atom stereocenters. The van der Waals surface area contributed by atoms with Crippen LogP contribution >= 0.6 is 0 Å². The third-order valence-electron chi connectivity index (χ3n) is 4.56. The average molecular weight is 330 g/mol. The van der Waals surface area contributed by atoms with Crippen molar-refractivity contribution >= 4 is 15.7 Å². The first-order valence-corrected chi connectivity index (χ1v) is 9.28. The van der Waals surface area contributed by atoms with Crippen LogP contribution < -0.4 is 10.0 Å². The fraction of sp³-hybridized carbons (Fsp3) is 0.333. The minimum Gasteiger partial charge on any atom is -0.367 e. The molecule has 5 heteroatoms. The number of hydrogen-bond acceptors (Lipinski definition) is 3. The van der Waals surface area contributed by atoms with Crippen LogP contribution in [0.2, 0.25) is 0 Å². The fourth-order valence-electron chi connectivity index (χ4n) is 3.44. The van der Waals surface area contributed by atoms with E-state index in [1.165, 1.54) is 22.3 Å². The summed E-state index contributed by atoms with van der Waals surface area (Å²) in [5.74, 6) is 0. The van der Waals surface area contributed by atoms with E-state index in [4.69, 9.17) is 5.14 Å². The van der Waals surface area contributed by atoms with Gasteiger partial charge in [-0.2, -0.15) is 0 Å². The van der Waals surface area contributed by atoms with Gasteiger partial charge in [-0.15, -0.1) is 0 Å². The van der Waals surface area contributed by atoms with Crippen molar-refractivity contribution in [3.63, 3.8) is 0 Å². The van der Waals surface area contributed by atoms with Crippen LogP contribution in [0.3, 0.4) is 0 Å². The lowest BCUT2D eigenvalue weighted by Gasteiger charge is -2.22. The number of primary sulfonamides is 1. The highest BCUT2D eigenvalue weighted by Crippen LogP contribution is 2.32. The number of nitrogens with zero attached hydrogens (tertiary/aromatic N) is 1. The smallest absolute Gasteiger partial charge is 0.238 e. The lowest BCUT2D eigenvalue weighted by molar-refractivity contribution is 0.597. The molecule has 0 amide bonds. The molecule has 0 saturated carbocycles. The van der Waals surface area contributed by atoms with Crippen LogP contribution in [-0.2, 0) is 23.0 Å². The summed E-state index contributed by atoms with van der Waals surface area (Å²) >= 11 is 0. The molecule has 2 N–H and O–H groups in total. The van der Waals surface area contributed by atoms with Crippen molar-refractivity contribution in [2.24, 2.45) is 5.14 Å². The van der Waals surface area contributed by atoms with Crippen molar-refractivity contribution < 1.29 is 8.42 Å². The maximum absolute atomic E-state index is 11.5. The molecule has 0 bridgehead atoms. The SMILES string of the molecule is Cc1cc(C)c(CN2CCc3cc(S(N)(=O)=O)ccc32)c(C)c1. The summed E-state index contributed by atoms with van der Waals surface area (Å²) in [7, 11) is -3.64. The van der Waals surface area contributed by atoms with Gasteiger partial charge in [0.1, 0.15) is 0 Å². The van der Waals surface area contributed by atoms with Crippen molar-refractivity contribution in [2.75, 3.05) is 11.4 Å². The van der Waals surface area contributed by atoms with E-state index < -0.39 is 10.0 Å². The van der Waals surface area contributed by atoms with Crippen LogP contribution in [-0.4, -0.2) is 15.0 Å². The molecule has 0 radical (unpaired) electrons. The molecule has 0 spiro atoms. The Morgan fingerprint density at radius 3 is 2.35 bits per heavy atom. The topological polar surface area (TPSA) is 63.4 Å². The quantitative estimate of drug-likeness (QED) is 0.941. The van der Waals surface area contributed by atoms with E-state index in [-0.39, 0.29) is 4.90 Å². The number of benzene rings is 2. The molecule has 1 aliphatic heterocycles. The van der Waals surface area contributed by atoms with E-state index in [9.17, 15) is 8.42 Å². The number of sulfonamides is 1. The Kier molecular flexibility index (Phi) is 3.94. The van der Waals surface area contributed by atoms with Gasteiger partial charge >= 0.3 is 0 Å². The highest BCUT2D eigenvalue weighted by molar-refractivity contribution is 7.89. The molecule has 1 aliphatic rings. The number of anilines is 1. The van der Waals surface area contributed by atoms with Gasteiger partial charge in [-0.3, -0.25) is 0 Å². The van der Waals surface area contributed by atoms with Crippen molar-refractivity contribution in [1.82, 2.24) is 0 Å². The Bertz CT molecular complexity index is 850. The second kappa shape index (κ2) is 5.65. The molecule has 0 saturated heterocycles. The molecule has 4 nitrogen and oxygen atoms in total. The largest absolute Gasteiger partial charge is 0.367 e. The van der Waals surface area contributed by atoms with E-state index in [1.54, 1.807) is 12.1 Å². The van der Waals surface area contributed by atoms with E-state index >= 15 is 0 Å². The molecule has 1 heterocycles. The third kappa shape index (κ3) is 3.12. The zero-order valence-electron chi connectivity index (χ0n) is 13.8. The zero-order chi connectivity index (χ0) is 16.8. The molecule has 0 aliphatic carbocycles. The number of fused-ring (bicyclic) bond motifs is 1. The van der Waals surface area contributed by atoms with Gasteiger partial charge in [0.2, 0.25) is 10.0 Å². The fourth-order valence-corrected chi connectivity index (χ4v) is 4.00. The molecule has 0 aromatic heterocycles. The number of aryl methyl sites for hydroxylation is 3. The van der Waals surface area contributed by atoms with Gasteiger partial charge in [-0.05, 0) is 67.6 Å². The first-order chi connectivity index (χ1) is 10.8. The molecule has 2 aromatic carbocycles. The molecule has 122 valence electrons. The van der Waals surface area contributed by atoms with Crippen LogP contribution in [0.1, 0.15) is 27.8 Å². The summed E-state index contributed by atoms with van der Waals surface area (Å²) in [6, 6.07) is 9.61. The van der Waals surface area contributed by atoms with Crippen molar-refractivity contribution in [2.45, 2.75) is 38.6 Å². The van der Waals surface area contributed by atoms with Gasteiger partial charge < -0.3 is 4.90 Å². The van der Waals surface area contributed by atoms with Crippen LogP contribution in [0.4, 0.5) is 5.69 Å². The highest BCUT2D eigenvalue weighted by Gasteiger charge is 2.22. The third-order valence-corrected chi connectivity index (χ3v) is 5.47. The van der Waals surface area contributed by atoms with Crippen LogP contribution in [0.15, 0.2) is 35.2 Å². The first kappa shape index (κ1) is 16.0. The summed E-state index contributed by atoms with van der Waals surface area (Å²) in [5, 5.41) is 5.22. The monoisotopic (exact) mass is 330 g/mol. The molecular weight excluding hydrogens is 308 g/mol. The Labute approximate surface area is 138 Å². The highest BCUT2D eigenvalue weighted by atomic mass is 32.2. The van der Waals surface area contributed by atoms with Gasteiger partial charge in [0, 0.05) is 18.8 Å². The summed E-state index contributed by atoms with van der Waals surface area (Å²) < 4.78 is 23.0. The Morgan fingerprint density at radius 2 is 1.74 bits per heavy atom. The predicted molar refractivity (Wildman–Crippen MR) is 93.2 cm³/mol. The van der Waals surface area contributed by atoms with Gasteiger partial charge in [0.25, 0.3) is 0 Å². The second-order valence-electron chi connectivity index (χ2n) is 6.38. The Morgan fingerprint density at radius 1 is 1.09 bits per heavy atom. The maximum Gasteiger partial charge on any atom is 0.238 e. The zero-order valence-corrected chi connectivity index (χ0v) is 14.6. The molecule has 0 atom stereocenters. The van der Waals surface area contributed by atoms with Crippen molar-refractivity contribution in [1.29, 1.82) is 0 Å². The van der Waals surface area contributed by atoms with Crippen molar-refractivity contribution in [3.05, 3.63) is 58.1 Å². The van der Waals surface area contributed by atoms with Crippen LogP contribution in [0.5, 0.6) is 0 Å². The summed E-state index contributed by atoms with van der Waals surface area (Å²) in [6.45, 7) is 8.16.